The Morgan fingerprint density at radius 2 is 2.11 bits per heavy atom. The maximum Gasteiger partial charge on any atom is 0.113 e. The predicted molar refractivity (Wildman–Crippen MR) is 77.5 cm³/mol. The topological polar surface area (TPSA) is 56.7 Å². The lowest BCUT2D eigenvalue weighted by Gasteiger charge is -2.00. The van der Waals surface area contributed by atoms with Gasteiger partial charge in [0.05, 0.1) is 6.20 Å². The molecule has 1 heterocycles. The van der Waals surface area contributed by atoms with Gasteiger partial charge in [-0.2, -0.15) is 0 Å². The second kappa shape index (κ2) is 7.04. The molecule has 19 heavy (non-hydrogen) atoms. The lowest BCUT2D eigenvalue weighted by Crippen LogP contribution is -1.98. The fourth-order valence-electron chi connectivity index (χ4n) is 2.10. The van der Waals surface area contributed by atoms with E-state index in [2.05, 4.69) is 23.3 Å². The van der Waals surface area contributed by atoms with E-state index < -0.39 is 0 Å². The fraction of sp³-hybridized carbons (Fsp3) is 0.467. The van der Waals surface area contributed by atoms with Crippen molar-refractivity contribution in [1.82, 2.24) is 15.0 Å². The van der Waals surface area contributed by atoms with E-state index in [1.807, 2.05) is 29.1 Å². The van der Waals surface area contributed by atoms with Crippen molar-refractivity contribution < 1.29 is 0 Å². The predicted octanol–water partition coefficient (Wildman–Crippen LogP) is 2.98. The normalized spacial score (nSPS) is 10.8. The zero-order chi connectivity index (χ0) is 13.5. The van der Waals surface area contributed by atoms with Gasteiger partial charge in [0.1, 0.15) is 5.69 Å². The molecule has 0 fully saturated rings. The molecule has 0 aliphatic carbocycles. The summed E-state index contributed by atoms with van der Waals surface area (Å²) < 4.78 is 1.93. The van der Waals surface area contributed by atoms with Crippen LogP contribution < -0.4 is 5.73 Å². The average molecular weight is 258 g/mol. The molecule has 0 saturated heterocycles. The molecule has 0 saturated carbocycles. The molecule has 0 bridgehead atoms. The first-order valence-electron chi connectivity index (χ1n) is 7.03. The maximum atomic E-state index is 5.65. The van der Waals surface area contributed by atoms with Crippen LogP contribution in [0.3, 0.4) is 0 Å². The van der Waals surface area contributed by atoms with Crippen molar-refractivity contribution in [1.29, 1.82) is 0 Å². The summed E-state index contributed by atoms with van der Waals surface area (Å²) in [6.07, 6.45) is 6.99. The molecule has 2 N–H and O–H groups in total. The number of rotatable bonds is 7. The second-order valence-electron chi connectivity index (χ2n) is 4.83. The number of aryl methyl sites for hydroxylation is 1. The Kier molecular flexibility index (Phi) is 5.10. The zero-order valence-electron chi connectivity index (χ0n) is 11.5. The third-order valence-electron chi connectivity index (χ3n) is 3.24. The molecule has 0 aliphatic heterocycles. The first-order chi connectivity index (χ1) is 9.33. The molecule has 0 atom stereocenters. The monoisotopic (exact) mass is 258 g/mol. The molecule has 102 valence electrons. The van der Waals surface area contributed by atoms with Crippen LogP contribution in [0.4, 0.5) is 0 Å². The summed E-state index contributed by atoms with van der Waals surface area (Å²) in [6.45, 7) is 3.72. The molecule has 1 aromatic carbocycles. The van der Waals surface area contributed by atoms with Crippen LogP contribution in [0.25, 0.3) is 11.3 Å². The number of nitrogens with zero attached hydrogens (tertiary/aromatic N) is 3. The van der Waals surface area contributed by atoms with Gasteiger partial charge in [-0.05, 0) is 18.1 Å². The molecule has 4 heteroatoms. The van der Waals surface area contributed by atoms with E-state index in [4.69, 9.17) is 5.73 Å². The minimum Gasteiger partial charge on any atom is -0.326 e. The Morgan fingerprint density at radius 3 is 2.89 bits per heavy atom. The summed E-state index contributed by atoms with van der Waals surface area (Å²) in [5.74, 6) is 0. The Labute approximate surface area is 114 Å². The maximum absolute atomic E-state index is 5.65. The van der Waals surface area contributed by atoms with Crippen molar-refractivity contribution in [2.45, 2.75) is 45.7 Å². The van der Waals surface area contributed by atoms with Crippen LogP contribution in [-0.4, -0.2) is 15.0 Å². The van der Waals surface area contributed by atoms with E-state index in [1.54, 1.807) is 0 Å². The Morgan fingerprint density at radius 1 is 1.21 bits per heavy atom. The first-order valence-corrected chi connectivity index (χ1v) is 7.03. The summed E-state index contributed by atoms with van der Waals surface area (Å²) in [7, 11) is 0. The highest BCUT2D eigenvalue weighted by Gasteiger charge is 2.04. The molecule has 0 aliphatic rings. The summed E-state index contributed by atoms with van der Waals surface area (Å²) in [4.78, 5) is 0. The highest BCUT2D eigenvalue weighted by Crippen LogP contribution is 2.17. The van der Waals surface area contributed by atoms with Gasteiger partial charge in [0, 0.05) is 18.7 Å². The first kappa shape index (κ1) is 13.7. The van der Waals surface area contributed by atoms with Crippen molar-refractivity contribution in [3.63, 3.8) is 0 Å². The summed E-state index contributed by atoms with van der Waals surface area (Å²) in [6, 6.07) is 8.16. The molecule has 0 unspecified atom stereocenters. The minimum atomic E-state index is 0.555. The SMILES string of the molecule is CCCCCCn1cc(-c2cccc(CN)c2)nn1. The van der Waals surface area contributed by atoms with E-state index in [0.29, 0.717) is 6.54 Å². The third-order valence-corrected chi connectivity index (χ3v) is 3.24. The van der Waals surface area contributed by atoms with E-state index in [-0.39, 0.29) is 0 Å². The lowest BCUT2D eigenvalue weighted by molar-refractivity contribution is 0.527. The smallest absolute Gasteiger partial charge is 0.113 e. The van der Waals surface area contributed by atoms with Crippen LogP contribution in [-0.2, 0) is 13.1 Å². The van der Waals surface area contributed by atoms with Crippen LogP contribution in [0.15, 0.2) is 30.5 Å². The van der Waals surface area contributed by atoms with Gasteiger partial charge in [0.2, 0.25) is 0 Å². The van der Waals surface area contributed by atoms with Crippen molar-refractivity contribution in [3.05, 3.63) is 36.0 Å². The van der Waals surface area contributed by atoms with Gasteiger partial charge in [0.25, 0.3) is 0 Å². The Hall–Kier alpha value is -1.68. The van der Waals surface area contributed by atoms with Gasteiger partial charge in [-0.1, -0.05) is 49.6 Å². The van der Waals surface area contributed by atoms with Crippen LogP contribution >= 0.6 is 0 Å². The van der Waals surface area contributed by atoms with Gasteiger partial charge < -0.3 is 5.73 Å². The number of unbranched alkanes of at least 4 members (excludes halogenated alkanes) is 3. The highest BCUT2D eigenvalue weighted by atomic mass is 15.4. The van der Waals surface area contributed by atoms with Crippen LogP contribution in [0.2, 0.25) is 0 Å². The standard InChI is InChI=1S/C15H22N4/c1-2-3-4-5-9-19-12-15(17-18-19)14-8-6-7-13(10-14)11-16/h6-8,10,12H,2-5,9,11,16H2,1H3. The van der Waals surface area contributed by atoms with E-state index in [9.17, 15) is 0 Å². The molecule has 0 amide bonds. The molecule has 2 aromatic rings. The number of aromatic nitrogens is 3. The molecular formula is C15H22N4. The molecule has 0 spiro atoms. The van der Waals surface area contributed by atoms with Crippen molar-refractivity contribution in [3.8, 4) is 11.3 Å². The molecule has 0 radical (unpaired) electrons. The van der Waals surface area contributed by atoms with Crippen molar-refractivity contribution in [2.75, 3.05) is 0 Å². The molecule has 4 nitrogen and oxygen atoms in total. The molecule has 2 rings (SSSR count). The summed E-state index contributed by atoms with van der Waals surface area (Å²) >= 11 is 0. The van der Waals surface area contributed by atoms with Gasteiger partial charge in [-0.25, -0.2) is 0 Å². The largest absolute Gasteiger partial charge is 0.326 e. The number of hydrogen-bond acceptors (Lipinski definition) is 3. The third kappa shape index (κ3) is 3.89. The minimum absolute atomic E-state index is 0.555. The summed E-state index contributed by atoms with van der Waals surface area (Å²) in [5.41, 5.74) is 8.78. The number of benzene rings is 1. The van der Waals surface area contributed by atoms with Gasteiger partial charge in [0.15, 0.2) is 0 Å². The van der Waals surface area contributed by atoms with E-state index in [0.717, 1.165) is 23.4 Å². The van der Waals surface area contributed by atoms with Crippen LogP contribution in [0.1, 0.15) is 38.2 Å². The van der Waals surface area contributed by atoms with E-state index >= 15 is 0 Å². The van der Waals surface area contributed by atoms with Crippen molar-refractivity contribution in [2.24, 2.45) is 5.73 Å². The lowest BCUT2D eigenvalue weighted by atomic mass is 10.1. The fourth-order valence-corrected chi connectivity index (χ4v) is 2.10. The Bertz CT molecular complexity index is 504. The highest BCUT2D eigenvalue weighted by molar-refractivity contribution is 5.58. The van der Waals surface area contributed by atoms with Gasteiger partial charge in [-0.3, -0.25) is 4.68 Å². The molecular weight excluding hydrogens is 236 g/mol. The Balaban J connectivity index is 1.99. The molecule has 1 aromatic heterocycles. The average Bonchev–Trinajstić information content (AvgIpc) is 2.92. The van der Waals surface area contributed by atoms with Crippen LogP contribution in [0.5, 0.6) is 0 Å². The van der Waals surface area contributed by atoms with Gasteiger partial charge >= 0.3 is 0 Å². The summed E-state index contributed by atoms with van der Waals surface area (Å²) in [5, 5.41) is 8.41. The second-order valence-corrected chi connectivity index (χ2v) is 4.83. The number of hydrogen-bond donors (Lipinski definition) is 1. The number of nitrogens with two attached hydrogens (primary N) is 1. The zero-order valence-corrected chi connectivity index (χ0v) is 11.5. The van der Waals surface area contributed by atoms with E-state index in [1.165, 1.54) is 25.7 Å². The van der Waals surface area contributed by atoms with Crippen LogP contribution in [0, 0.1) is 0 Å². The van der Waals surface area contributed by atoms with Gasteiger partial charge in [-0.15, -0.1) is 5.10 Å². The quantitative estimate of drug-likeness (QED) is 0.777. The van der Waals surface area contributed by atoms with Crippen molar-refractivity contribution >= 4 is 0 Å².